The number of carbonyl (C=O) groups is 1. The molecule has 0 aliphatic carbocycles. The number of anilines is 1. The van der Waals surface area contributed by atoms with E-state index in [1.54, 1.807) is 18.3 Å². The van der Waals surface area contributed by atoms with Gasteiger partial charge in [0.05, 0.1) is 5.41 Å². The average Bonchev–Trinajstić information content (AvgIpc) is 2.63. The SMILES string of the molecule is CC(C)(C)C(=O)Oc1ccc(Cl)cc1-c1ccnc(N2CCNCC2)c1. The number of nitrogens with one attached hydrogen (secondary N) is 1. The first-order valence-corrected chi connectivity index (χ1v) is 9.16. The molecule has 1 saturated heterocycles. The quantitative estimate of drug-likeness (QED) is 0.655. The number of nitrogens with zero attached hydrogens (tertiary/aromatic N) is 2. The summed E-state index contributed by atoms with van der Waals surface area (Å²) in [7, 11) is 0. The maximum absolute atomic E-state index is 12.3. The van der Waals surface area contributed by atoms with Crippen molar-refractivity contribution >= 4 is 23.4 Å². The maximum atomic E-state index is 12.3. The van der Waals surface area contributed by atoms with Crippen molar-refractivity contribution in [1.82, 2.24) is 10.3 Å². The zero-order valence-corrected chi connectivity index (χ0v) is 16.1. The number of benzene rings is 1. The molecule has 1 N–H and O–H groups in total. The van der Waals surface area contributed by atoms with E-state index in [0.29, 0.717) is 10.8 Å². The highest BCUT2D eigenvalue weighted by Gasteiger charge is 2.25. The van der Waals surface area contributed by atoms with Crippen LogP contribution in [-0.4, -0.2) is 37.1 Å². The van der Waals surface area contributed by atoms with Crippen molar-refractivity contribution in [3.63, 3.8) is 0 Å². The minimum absolute atomic E-state index is 0.280. The molecule has 1 aliphatic rings. The highest BCUT2D eigenvalue weighted by atomic mass is 35.5. The fourth-order valence-electron chi connectivity index (χ4n) is 2.72. The Morgan fingerprint density at radius 3 is 2.62 bits per heavy atom. The number of hydrogen-bond acceptors (Lipinski definition) is 5. The van der Waals surface area contributed by atoms with E-state index in [2.05, 4.69) is 15.2 Å². The Labute approximate surface area is 159 Å². The second kappa shape index (κ2) is 7.64. The van der Waals surface area contributed by atoms with Crippen LogP contribution in [-0.2, 0) is 4.79 Å². The van der Waals surface area contributed by atoms with Crippen LogP contribution in [0.25, 0.3) is 11.1 Å². The molecule has 26 heavy (non-hydrogen) atoms. The summed E-state index contributed by atoms with van der Waals surface area (Å²) in [5.74, 6) is 1.14. The number of hydrogen-bond donors (Lipinski definition) is 1. The van der Waals surface area contributed by atoms with E-state index in [4.69, 9.17) is 16.3 Å². The number of halogens is 1. The Hall–Kier alpha value is -2.11. The molecule has 0 bridgehead atoms. The number of pyridine rings is 1. The van der Waals surface area contributed by atoms with Crippen molar-refractivity contribution in [2.75, 3.05) is 31.1 Å². The van der Waals surface area contributed by atoms with E-state index in [-0.39, 0.29) is 5.97 Å². The maximum Gasteiger partial charge on any atom is 0.316 e. The zero-order chi connectivity index (χ0) is 18.7. The van der Waals surface area contributed by atoms with Crippen LogP contribution >= 0.6 is 11.6 Å². The number of rotatable bonds is 3. The summed E-state index contributed by atoms with van der Waals surface area (Å²) in [6.45, 7) is 9.21. The first-order valence-electron chi connectivity index (χ1n) is 8.78. The van der Waals surface area contributed by atoms with Crippen LogP contribution in [0.15, 0.2) is 36.5 Å². The van der Waals surface area contributed by atoms with Crippen LogP contribution in [0.4, 0.5) is 5.82 Å². The minimum atomic E-state index is -0.582. The fourth-order valence-corrected chi connectivity index (χ4v) is 2.89. The topological polar surface area (TPSA) is 54.5 Å². The third kappa shape index (κ3) is 4.34. The van der Waals surface area contributed by atoms with Gasteiger partial charge in [0.15, 0.2) is 0 Å². The van der Waals surface area contributed by atoms with Gasteiger partial charge in [-0.3, -0.25) is 4.79 Å². The Bertz CT molecular complexity index is 796. The van der Waals surface area contributed by atoms with Gasteiger partial charge < -0.3 is 15.0 Å². The molecule has 2 heterocycles. The molecule has 0 unspecified atom stereocenters. The first kappa shape index (κ1) is 18.7. The number of piperazine rings is 1. The van der Waals surface area contributed by atoms with Crippen LogP contribution in [0, 0.1) is 5.41 Å². The largest absolute Gasteiger partial charge is 0.425 e. The van der Waals surface area contributed by atoms with Gasteiger partial charge in [-0.05, 0) is 56.7 Å². The Balaban J connectivity index is 1.95. The summed E-state index contributed by atoms with van der Waals surface area (Å²) in [5, 5.41) is 3.93. The van der Waals surface area contributed by atoms with Crippen molar-refractivity contribution in [1.29, 1.82) is 0 Å². The molecule has 0 amide bonds. The molecule has 2 aromatic rings. The van der Waals surface area contributed by atoms with Gasteiger partial charge in [-0.2, -0.15) is 0 Å². The van der Waals surface area contributed by atoms with E-state index in [0.717, 1.165) is 43.1 Å². The van der Waals surface area contributed by atoms with Crippen LogP contribution in [0.5, 0.6) is 5.75 Å². The lowest BCUT2D eigenvalue weighted by Gasteiger charge is -2.28. The molecule has 6 heteroatoms. The average molecular weight is 374 g/mol. The van der Waals surface area contributed by atoms with Crippen molar-refractivity contribution in [3.8, 4) is 16.9 Å². The standard InChI is InChI=1S/C20H24ClN3O2/c1-20(2,3)19(25)26-17-5-4-15(21)13-16(17)14-6-7-23-18(12-14)24-10-8-22-9-11-24/h4-7,12-13,22H,8-11H2,1-3H3. The van der Waals surface area contributed by atoms with Crippen molar-refractivity contribution in [2.24, 2.45) is 5.41 Å². The lowest BCUT2D eigenvalue weighted by molar-refractivity contribution is -0.142. The Morgan fingerprint density at radius 1 is 1.19 bits per heavy atom. The number of ether oxygens (including phenoxy) is 1. The molecule has 1 aromatic heterocycles. The van der Waals surface area contributed by atoms with Crippen LogP contribution in [0.3, 0.4) is 0 Å². The Morgan fingerprint density at radius 2 is 1.92 bits per heavy atom. The van der Waals surface area contributed by atoms with E-state index in [1.165, 1.54) is 0 Å². The molecule has 0 saturated carbocycles. The minimum Gasteiger partial charge on any atom is -0.425 e. The molecule has 1 fully saturated rings. The molecule has 0 radical (unpaired) electrons. The van der Waals surface area contributed by atoms with Gasteiger partial charge in [-0.1, -0.05) is 11.6 Å². The zero-order valence-electron chi connectivity index (χ0n) is 15.4. The molecule has 0 atom stereocenters. The van der Waals surface area contributed by atoms with Gasteiger partial charge in [0.1, 0.15) is 11.6 Å². The van der Waals surface area contributed by atoms with E-state index in [9.17, 15) is 4.79 Å². The molecule has 1 aromatic carbocycles. The molecule has 138 valence electrons. The van der Waals surface area contributed by atoms with Crippen LogP contribution < -0.4 is 15.0 Å². The summed E-state index contributed by atoms with van der Waals surface area (Å²) < 4.78 is 5.66. The predicted molar refractivity (Wildman–Crippen MR) is 105 cm³/mol. The number of aromatic nitrogens is 1. The molecule has 3 rings (SSSR count). The van der Waals surface area contributed by atoms with E-state index < -0.39 is 5.41 Å². The van der Waals surface area contributed by atoms with Gasteiger partial charge in [-0.25, -0.2) is 4.98 Å². The van der Waals surface area contributed by atoms with Gasteiger partial charge in [0.25, 0.3) is 0 Å². The van der Waals surface area contributed by atoms with Crippen molar-refractivity contribution < 1.29 is 9.53 Å². The van der Waals surface area contributed by atoms with Crippen LogP contribution in [0.2, 0.25) is 5.02 Å². The predicted octanol–water partition coefficient (Wildman–Crippen LogP) is 3.76. The van der Waals surface area contributed by atoms with Crippen molar-refractivity contribution in [2.45, 2.75) is 20.8 Å². The van der Waals surface area contributed by atoms with E-state index in [1.807, 2.05) is 39.0 Å². The summed E-state index contributed by atoms with van der Waals surface area (Å²) in [4.78, 5) is 19.1. The molecular weight excluding hydrogens is 350 g/mol. The summed E-state index contributed by atoms with van der Waals surface area (Å²) >= 11 is 6.21. The normalized spacial score (nSPS) is 15.0. The Kier molecular flexibility index (Phi) is 5.49. The highest BCUT2D eigenvalue weighted by Crippen LogP contribution is 2.35. The third-order valence-corrected chi connectivity index (χ3v) is 4.49. The van der Waals surface area contributed by atoms with Gasteiger partial charge in [0.2, 0.25) is 0 Å². The second-order valence-electron chi connectivity index (χ2n) is 7.42. The van der Waals surface area contributed by atoms with Gasteiger partial charge >= 0.3 is 5.97 Å². The number of esters is 1. The molecule has 1 aliphatic heterocycles. The fraction of sp³-hybridized carbons (Fsp3) is 0.400. The summed E-state index contributed by atoms with van der Waals surface area (Å²) in [6.07, 6.45) is 1.78. The monoisotopic (exact) mass is 373 g/mol. The second-order valence-corrected chi connectivity index (χ2v) is 7.86. The highest BCUT2D eigenvalue weighted by molar-refractivity contribution is 6.31. The van der Waals surface area contributed by atoms with Crippen LogP contribution in [0.1, 0.15) is 20.8 Å². The lowest BCUT2D eigenvalue weighted by atomic mass is 9.97. The molecule has 0 spiro atoms. The first-order chi connectivity index (χ1) is 12.3. The number of carbonyl (C=O) groups excluding carboxylic acids is 1. The molecule has 5 nitrogen and oxygen atoms in total. The van der Waals surface area contributed by atoms with Gasteiger partial charge in [0, 0.05) is 43.0 Å². The lowest BCUT2D eigenvalue weighted by Crippen LogP contribution is -2.43. The van der Waals surface area contributed by atoms with E-state index >= 15 is 0 Å². The summed E-state index contributed by atoms with van der Waals surface area (Å²) in [6, 6.07) is 9.22. The molecular formula is C20H24ClN3O2. The summed E-state index contributed by atoms with van der Waals surface area (Å²) in [5.41, 5.74) is 1.13. The third-order valence-electron chi connectivity index (χ3n) is 4.25. The van der Waals surface area contributed by atoms with Crippen molar-refractivity contribution in [3.05, 3.63) is 41.6 Å². The van der Waals surface area contributed by atoms with Gasteiger partial charge in [-0.15, -0.1) is 0 Å². The smallest absolute Gasteiger partial charge is 0.316 e.